The second kappa shape index (κ2) is 5.88. The number of amides is 2. The third-order valence-corrected chi connectivity index (χ3v) is 6.12. The monoisotopic (exact) mass is 328 g/mol. The molecular weight excluding hydrogens is 304 g/mol. The summed E-state index contributed by atoms with van der Waals surface area (Å²) in [6.45, 7) is 2.36. The fraction of sp³-hybridized carbons (Fsp3) is 0.579. The highest BCUT2D eigenvalue weighted by atomic mass is 16.5. The van der Waals surface area contributed by atoms with E-state index in [1.165, 1.54) is 19.8 Å². The predicted molar refractivity (Wildman–Crippen MR) is 91.1 cm³/mol. The van der Waals surface area contributed by atoms with Crippen molar-refractivity contribution in [1.29, 1.82) is 0 Å². The molecule has 5 heteroatoms. The molecule has 2 amide bonds. The summed E-state index contributed by atoms with van der Waals surface area (Å²) < 4.78 is 5.95. The molecule has 128 valence electrons. The fourth-order valence-electron chi connectivity index (χ4n) is 5.00. The quantitative estimate of drug-likeness (QED) is 0.836. The lowest BCUT2D eigenvalue weighted by molar-refractivity contribution is -0.125. The Morgan fingerprint density at radius 1 is 1.17 bits per heavy atom. The first-order chi connectivity index (χ1) is 11.6. The summed E-state index contributed by atoms with van der Waals surface area (Å²) in [7, 11) is 0. The third-order valence-electron chi connectivity index (χ3n) is 6.12. The van der Waals surface area contributed by atoms with Gasteiger partial charge >= 0.3 is 6.03 Å². The van der Waals surface area contributed by atoms with E-state index in [1.807, 2.05) is 0 Å². The summed E-state index contributed by atoms with van der Waals surface area (Å²) in [6, 6.07) is 7.07. The van der Waals surface area contributed by atoms with Crippen LogP contribution in [0.25, 0.3) is 0 Å². The molecule has 1 aromatic carbocycles. The second-order valence-electron chi connectivity index (χ2n) is 7.39. The predicted octanol–water partition coefficient (Wildman–Crippen LogP) is 3.36. The van der Waals surface area contributed by atoms with E-state index in [0.717, 1.165) is 25.9 Å². The number of carbonyl (C=O) groups is 2. The molecule has 3 aliphatic rings. The molecule has 0 bridgehead atoms. The van der Waals surface area contributed by atoms with Gasteiger partial charge in [0.25, 0.3) is 0 Å². The molecule has 2 aliphatic carbocycles. The Bertz CT molecular complexity index is 649. The number of urea groups is 1. The summed E-state index contributed by atoms with van der Waals surface area (Å²) in [5, 5.41) is 6.10. The fourth-order valence-corrected chi connectivity index (χ4v) is 5.00. The highest BCUT2D eigenvalue weighted by molar-refractivity contribution is 5.95. The van der Waals surface area contributed by atoms with Crippen LogP contribution in [0.4, 0.5) is 10.5 Å². The van der Waals surface area contributed by atoms with Crippen LogP contribution in [0.1, 0.15) is 49.4 Å². The van der Waals surface area contributed by atoms with Crippen LogP contribution in [-0.2, 0) is 4.74 Å². The molecule has 1 heterocycles. The van der Waals surface area contributed by atoms with E-state index in [0.29, 0.717) is 23.3 Å². The van der Waals surface area contributed by atoms with Crippen LogP contribution < -0.4 is 10.6 Å². The molecule has 2 N–H and O–H groups in total. The Hall–Kier alpha value is -1.88. The maximum atomic E-state index is 12.4. The van der Waals surface area contributed by atoms with E-state index in [-0.39, 0.29) is 23.3 Å². The molecule has 3 fully saturated rings. The van der Waals surface area contributed by atoms with Crippen LogP contribution in [0.5, 0.6) is 0 Å². The topological polar surface area (TPSA) is 67.4 Å². The van der Waals surface area contributed by atoms with Gasteiger partial charge in [-0.05, 0) is 50.5 Å². The highest BCUT2D eigenvalue weighted by Gasteiger charge is 2.65. The molecule has 24 heavy (non-hydrogen) atoms. The maximum Gasteiger partial charge on any atom is 0.319 e. The van der Waals surface area contributed by atoms with Gasteiger partial charge in [0.2, 0.25) is 0 Å². The SMILES string of the molecule is CC(=O)c1ccc(NC(=O)N[C@@H]2[C@H]3CCO[C@H]3C23CCCC3)cc1. The van der Waals surface area contributed by atoms with Crippen molar-refractivity contribution in [3.05, 3.63) is 29.8 Å². The van der Waals surface area contributed by atoms with Gasteiger partial charge in [0.05, 0.1) is 6.10 Å². The Morgan fingerprint density at radius 3 is 2.54 bits per heavy atom. The lowest BCUT2D eigenvalue weighted by Gasteiger charge is -2.56. The number of nitrogens with one attached hydrogen (secondary N) is 2. The lowest BCUT2D eigenvalue weighted by atomic mass is 9.54. The summed E-state index contributed by atoms with van der Waals surface area (Å²) in [4.78, 5) is 23.7. The van der Waals surface area contributed by atoms with Crippen molar-refractivity contribution < 1.29 is 14.3 Å². The number of carbonyl (C=O) groups excluding carboxylic acids is 2. The Kier molecular flexibility index (Phi) is 3.83. The number of benzene rings is 1. The minimum atomic E-state index is -0.160. The highest BCUT2D eigenvalue weighted by Crippen LogP contribution is 2.60. The minimum Gasteiger partial charge on any atom is -0.377 e. The smallest absolute Gasteiger partial charge is 0.319 e. The molecule has 0 aromatic heterocycles. The maximum absolute atomic E-state index is 12.4. The van der Waals surface area contributed by atoms with Gasteiger partial charge in [0, 0.05) is 35.2 Å². The van der Waals surface area contributed by atoms with E-state index >= 15 is 0 Å². The van der Waals surface area contributed by atoms with Crippen LogP contribution in [-0.4, -0.2) is 30.6 Å². The van der Waals surface area contributed by atoms with Crippen molar-refractivity contribution in [2.45, 2.75) is 51.2 Å². The number of rotatable bonds is 3. The average molecular weight is 328 g/mol. The molecule has 0 unspecified atom stereocenters. The zero-order valence-electron chi connectivity index (χ0n) is 14.0. The summed E-state index contributed by atoms with van der Waals surface area (Å²) in [5.41, 5.74) is 1.52. The number of ether oxygens (including phenoxy) is 1. The van der Waals surface area contributed by atoms with Crippen molar-refractivity contribution in [3.8, 4) is 0 Å². The van der Waals surface area contributed by atoms with Gasteiger partial charge < -0.3 is 15.4 Å². The standard InChI is InChI=1S/C19H24N2O3/c1-12(22)13-4-6-14(7-5-13)20-18(23)21-16-15-8-11-24-17(15)19(16)9-2-3-10-19/h4-7,15-17H,2-3,8-11H2,1H3,(H2,20,21,23)/t15-,16-,17-/m1/s1. The second-order valence-corrected chi connectivity index (χ2v) is 7.39. The van der Waals surface area contributed by atoms with E-state index in [2.05, 4.69) is 10.6 Å². The van der Waals surface area contributed by atoms with Gasteiger partial charge in [-0.3, -0.25) is 4.79 Å². The number of fused-ring (bicyclic) bond motifs is 2. The normalized spacial score (nSPS) is 29.8. The van der Waals surface area contributed by atoms with Crippen LogP contribution >= 0.6 is 0 Å². The van der Waals surface area contributed by atoms with Gasteiger partial charge in [0.1, 0.15) is 0 Å². The van der Waals surface area contributed by atoms with Crippen LogP contribution in [0.15, 0.2) is 24.3 Å². The minimum absolute atomic E-state index is 0.0240. The summed E-state index contributed by atoms with van der Waals surface area (Å²) in [6.07, 6.45) is 6.18. The van der Waals surface area contributed by atoms with E-state index in [9.17, 15) is 9.59 Å². The number of ketones is 1. The Morgan fingerprint density at radius 2 is 1.88 bits per heavy atom. The molecule has 1 aliphatic heterocycles. The van der Waals surface area contributed by atoms with Gasteiger partial charge in [-0.1, -0.05) is 12.8 Å². The van der Waals surface area contributed by atoms with Crippen LogP contribution in [0.3, 0.4) is 0 Å². The Balaban J connectivity index is 1.41. The van der Waals surface area contributed by atoms with Gasteiger partial charge in [-0.15, -0.1) is 0 Å². The number of hydrogen-bond acceptors (Lipinski definition) is 3. The zero-order valence-corrected chi connectivity index (χ0v) is 14.0. The molecule has 1 spiro atoms. The van der Waals surface area contributed by atoms with Crippen molar-refractivity contribution in [3.63, 3.8) is 0 Å². The van der Waals surface area contributed by atoms with Gasteiger partial charge in [-0.2, -0.15) is 0 Å². The van der Waals surface area contributed by atoms with Crippen molar-refractivity contribution >= 4 is 17.5 Å². The van der Waals surface area contributed by atoms with E-state index in [4.69, 9.17) is 4.74 Å². The number of Topliss-reactive ketones (excluding diaryl/α,β-unsaturated/α-hetero) is 1. The molecule has 2 saturated carbocycles. The largest absolute Gasteiger partial charge is 0.377 e. The van der Waals surface area contributed by atoms with E-state index in [1.54, 1.807) is 24.3 Å². The third kappa shape index (κ3) is 2.42. The lowest BCUT2D eigenvalue weighted by Crippen LogP contribution is -2.68. The molecule has 0 radical (unpaired) electrons. The van der Waals surface area contributed by atoms with Crippen LogP contribution in [0, 0.1) is 11.3 Å². The molecule has 5 nitrogen and oxygen atoms in total. The molecule has 1 saturated heterocycles. The average Bonchev–Trinajstić information content (AvgIpc) is 3.22. The molecule has 1 aromatic rings. The number of anilines is 1. The Labute approximate surface area is 142 Å². The van der Waals surface area contributed by atoms with Crippen molar-refractivity contribution in [2.75, 3.05) is 11.9 Å². The van der Waals surface area contributed by atoms with E-state index < -0.39 is 0 Å². The molecular formula is C19H24N2O3. The van der Waals surface area contributed by atoms with Gasteiger partial charge in [0.15, 0.2) is 5.78 Å². The first-order valence-corrected chi connectivity index (χ1v) is 8.90. The van der Waals surface area contributed by atoms with Crippen molar-refractivity contribution in [2.24, 2.45) is 11.3 Å². The zero-order chi connectivity index (χ0) is 16.7. The molecule has 4 rings (SSSR count). The van der Waals surface area contributed by atoms with Crippen LogP contribution in [0.2, 0.25) is 0 Å². The van der Waals surface area contributed by atoms with Crippen molar-refractivity contribution in [1.82, 2.24) is 5.32 Å². The molecule has 3 atom stereocenters. The first-order valence-electron chi connectivity index (χ1n) is 8.90. The number of hydrogen-bond donors (Lipinski definition) is 2. The first kappa shape index (κ1) is 15.6. The summed E-state index contributed by atoms with van der Waals surface area (Å²) in [5.74, 6) is 0.491. The summed E-state index contributed by atoms with van der Waals surface area (Å²) >= 11 is 0. The van der Waals surface area contributed by atoms with Gasteiger partial charge in [-0.25, -0.2) is 4.79 Å².